The van der Waals surface area contributed by atoms with E-state index in [2.05, 4.69) is 21.1 Å². The van der Waals surface area contributed by atoms with Crippen molar-refractivity contribution in [1.29, 1.82) is 0 Å². The van der Waals surface area contributed by atoms with Crippen LogP contribution in [-0.2, 0) is 33.4 Å². The molecule has 0 spiro atoms. The molecule has 59 heavy (non-hydrogen) atoms. The van der Waals surface area contributed by atoms with Gasteiger partial charge in [0.05, 0.1) is 55.5 Å². The van der Waals surface area contributed by atoms with E-state index in [4.69, 9.17) is 24.1 Å². The fraction of sp³-hybridized carbons (Fsp3) is 0.638. The van der Waals surface area contributed by atoms with Crippen molar-refractivity contribution in [3.63, 3.8) is 0 Å². The fourth-order valence-electron chi connectivity index (χ4n) is 3.57. The third kappa shape index (κ3) is 24.8. The lowest BCUT2D eigenvalue weighted by molar-refractivity contribution is -0.870. The van der Waals surface area contributed by atoms with Crippen LogP contribution in [0, 0.1) is 21.7 Å². The van der Waals surface area contributed by atoms with Crippen LogP contribution < -0.4 is 17.1 Å². The van der Waals surface area contributed by atoms with Gasteiger partial charge in [0.25, 0.3) is 0 Å². The smallest absolute Gasteiger partial charge is 0.316 e. The van der Waals surface area contributed by atoms with E-state index in [9.17, 15) is 24.0 Å². The molecule has 0 amide bonds. The van der Waals surface area contributed by atoms with Crippen molar-refractivity contribution < 1.29 is 64.9 Å². The molecule has 0 radical (unpaired) electrons. The van der Waals surface area contributed by atoms with Crippen molar-refractivity contribution in [3.05, 3.63) is 65.7 Å². The van der Waals surface area contributed by atoms with Crippen LogP contribution in [0.25, 0.3) is 0 Å². The first-order valence-corrected chi connectivity index (χ1v) is 20.5. The first kappa shape index (κ1) is 59.5. The van der Waals surface area contributed by atoms with Crippen molar-refractivity contribution >= 4 is 29.7 Å². The predicted octanol–water partition coefficient (Wildman–Crippen LogP) is 6.27. The Labute approximate surface area is 362 Å². The number of ketones is 1. The summed E-state index contributed by atoms with van der Waals surface area (Å²) in [6.07, 6.45) is 3.08. The number of hydrogen-bond acceptors (Lipinski definition) is 10. The number of rotatable bonds is 17. The zero-order chi connectivity index (χ0) is 45.5. The molecule has 0 unspecified atom stereocenters. The number of esters is 4. The van der Waals surface area contributed by atoms with Gasteiger partial charge in [-0.05, 0) is 119 Å². The molecule has 0 atom stereocenters. The van der Waals surface area contributed by atoms with E-state index in [1.165, 1.54) is 0 Å². The first-order valence-electron chi connectivity index (χ1n) is 20.5. The van der Waals surface area contributed by atoms with Gasteiger partial charge in [0, 0.05) is 11.1 Å². The van der Waals surface area contributed by atoms with Gasteiger partial charge in [-0.25, -0.2) is 0 Å². The van der Waals surface area contributed by atoms with Crippen LogP contribution in [0.1, 0.15) is 139 Å². The third-order valence-electron chi connectivity index (χ3n) is 9.77. The van der Waals surface area contributed by atoms with Crippen LogP contribution in [0.2, 0.25) is 0 Å². The second-order valence-electron chi connectivity index (χ2n) is 18.0. The van der Waals surface area contributed by atoms with Crippen LogP contribution in [0.5, 0.6) is 5.75 Å². The topological polar surface area (TPSA) is 143 Å². The molecule has 0 aliphatic carbocycles. The highest BCUT2D eigenvalue weighted by Crippen LogP contribution is 2.25. The van der Waals surface area contributed by atoms with E-state index in [0.29, 0.717) is 29.9 Å². The number of ether oxygens (including phenoxy) is 4. The average Bonchev–Trinajstić information content (AvgIpc) is 3.17. The molecule has 0 aromatic heterocycles. The second-order valence-corrected chi connectivity index (χ2v) is 18.0. The Hall–Kier alpha value is -3.80. The maximum absolute atomic E-state index is 12.3. The normalized spacial score (nSPS) is 11.4. The summed E-state index contributed by atoms with van der Waals surface area (Å²) in [6, 6.07) is 15.7. The lowest BCUT2D eigenvalue weighted by atomic mass is 9.91. The Morgan fingerprint density at radius 3 is 1.32 bits per heavy atom. The highest BCUT2D eigenvalue weighted by Gasteiger charge is 2.29. The number of carbonyl (C=O) groups excluding carboxylic acids is 5. The van der Waals surface area contributed by atoms with E-state index >= 15 is 0 Å². The van der Waals surface area contributed by atoms with Crippen LogP contribution >= 0.6 is 0 Å². The molecular formula is C47H78ClNO10. The fourth-order valence-corrected chi connectivity index (χ4v) is 3.57. The molecule has 1 N–H and O–H groups in total. The molecule has 0 heterocycles. The molecule has 2 aromatic rings. The number of hydrogen-bond donors (Lipinski definition) is 1. The van der Waals surface area contributed by atoms with Crippen LogP contribution in [0.15, 0.2) is 54.6 Å². The summed E-state index contributed by atoms with van der Waals surface area (Å²) in [4.78, 5) is 58.3. The third-order valence-corrected chi connectivity index (χ3v) is 9.77. The van der Waals surface area contributed by atoms with Gasteiger partial charge in [0.15, 0.2) is 5.78 Å². The maximum Gasteiger partial charge on any atom is 0.316 e. The lowest BCUT2D eigenvalue weighted by Gasteiger charge is -2.25. The molecule has 0 aliphatic rings. The highest BCUT2D eigenvalue weighted by atomic mass is 35.5. The molecule has 12 heteroatoms. The minimum absolute atomic E-state index is 0. The Balaban J connectivity index is -0.000000743. The SMILES string of the molecule is CCC(C)(C)C(=O)OC(C)C.CCC(C)(C)C(=O)OCCO.CCC(C)(C)C(=O)OCC[N+](C)(C)C.CCC(C)(C)C(=O)Oc1ccc(C(=O)c2ccccc2)cc1.[Cl-]. The molecule has 338 valence electrons. The van der Waals surface area contributed by atoms with E-state index in [-0.39, 0.29) is 72.2 Å². The maximum atomic E-state index is 12.3. The molecule has 0 saturated heterocycles. The number of benzene rings is 2. The molecule has 11 nitrogen and oxygen atoms in total. The minimum Gasteiger partial charge on any atom is -1.00 e. The van der Waals surface area contributed by atoms with Crippen molar-refractivity contribution in [2.75, 3.05) is 47.5 Å². The van der Waals surface area contributed by atoms with Gasteiger partial charge in [-0.15, -0.1) is 0 Å². The van der Waals surface area contributed by atoms with Crippen LogP contribution in [0.4, 0.5) is 0 Å². The first-order chi connectivity index (χ1) is 26.6. The van der Waals surface area contributed by atoms with Gasteiger partial charge in [-0.1, -0.05) is 58.0 Å². The molecule has 0 aliphatic heterocycles. The van der Waals surface area contributed by atoms with Crippen molar-refractivity contribution in [2.24, 2.45) is 21.7 Å². The number of carbonyl (C=O) groups is 5. The minimum atomic E-state index is -0.515. The van der Waals surface area contributed by atoms with Crippen LogP contribution in [-0.4, -0.2) is 92.9 Å². The lowest BCUT2D eigenvalue weighted by Crippen LogP contribution is -3.00. The number of likely N-dealkylation sites (N-methyl/N-ethyl adjacent to an activating group) is 1. The van der Waals surface area contributed by atoms with Gasteiger partial charge in [0.2, 0.25) is 0 Å². The molecule has 2 rings (SSSR count). The second kappa shape index (κ2) is 27.9. The largest absolute Gasteiger partial charge is 1.00 e. The van der Waals surface area contributed by atoms with Gasteiger partial charge in [-0.2, -0.15) is 0 Å². The predicted molar refractivity (Wildman–Crippen MR) is 231 cm³/mol. The number of aliphatic hydroxyl groups is 1. The van der Waals surface area contributed by atoms with Crippen molar-refractivity contribution in [2.45, 2.75) is 129 Å². The summed E-state index contributed by atoms with van der Waals surface area (Å²) in [5, 5.41) is 8.38. The summed E-state index contributed by atoms with van der Waals surface area (Å²) >= 11 is 0. The van der Waals surface area contributed by atoms with Gasteiger partial charge in [0.1, 0.15) is 25.5 Å². The van der Waals surface area contributed by atoms with Crippen LogP contribution in [0.3, 0.4) is 0 Å². The molecular weight excluding hydrogens is 774 g/mol. The Morgan fingerprint density at radius 2 is 0.949 bits per heavy atom. The Bertz CT molecular complexity index is 1530. The molecule has 0 fully saturated rings. The van der Waals surface area contributed by atoms with E-state index in [1.54, 1.807) is 36.4 Å². The van der Waals surface area contributed by atoms with E-state index in [0.717, 1.165) is 30.3 Å². The summed E-state index contributed by atoms with van der Waals surface area (Å²) in [5.74, 6) is -0.293. The van der Waals surface area contributed by atoms with E-state index < -0.39 is 10.8 Å². The standard InChI is InChI=1S/C19H20O3.C11H24NO2.C9H18O2.C8H16O3.ClH/c1-4-19(2,3)18(21)22-16-12-10-15(11-13-16)17(20)14-8-6-5-7-9-14;1-7-11(2,3)10(13)14-9-8-12(4,5)6;1-6-9(4,5)8(10)11-7(2)3;1-4-8(2,3)7(10)11-6-5-9;/h5-13H,4H2,1-3H3;7-9H2,1-6H3;7H,6H2,1-5H3;9H,4-6H2,1-3H3;1H/q;+1;;;/p-1. The van der Waals surface area contributed by atoms with Gasteiger partial charge in [-0.3, -0.25) is 24.0 Å². The molecule has 2 aromatic carbocycles. The zero-order valence-corrected chi connectivity index (χ0v) is 40.1. The monoisotopic (exact) mass is 852 g/mol. The number of halogens is 1. The zero-order valence-electron chi connectivity index (χ0n) is 39.4. The summed E-state index contributed by atoms with van der Waals surface area (Å²) < 4.78 is 21.2. The van der Waals surface area contributed by atoms with Crippen molar-refractivity contribution in [3.8, 4) is 5.75 Å². The number of quaternary nitrogens is 1. The molecule has 0 saturated carbocycles. The summed E-state index contributed by atoms with van der Waals surface area (Å²) in [6.45, 7) is 27.9. The Morgan fingerprint density at radius 1 is 0.576 bits per heavy atom. The number of aliphatic hydroxyl groups excluding tert-OH is 1. The highest BCUT2D eigenvalue weighted by molar-refractivity contribution is 6.09. The molecule has 0 bridgehead atoms. The average molecular weight is 853 g/mol. The number of nitrogens with zero attached hydrogens (tertiary/aromatic N) is 1. The Kier molecular flexibility index (Phi) is 28.1. The van der Waals surface area contributed by atoms with E-state index in [1.807, 2.05) is 115 Å². The summed E-state index contributed by atoms with van der Waals surface area (Å²) in [5.41, 5.74) is -0.400. The summed E-state index contributed by atoms with van der Waals surface area (Å²) in [7, 11) is 6.25. The van der Waals surface area contributed by atoms with Gasteiger partial charge < -0.3 is 40.9 Å². The van der Waals surface area contributed by atoms with Crippen molar-refractivity contribution in [1.82, 2.24) is 0 Å². The quantitative estimate of drug-likeness (QED) is 0.0637. The van der Waals surface area contributed by atoms with Gasteiger partial charge >= 0.3 is 23.9 Å².